The van der Waals surface area contributed by atoms with E-state index < -0.39 is 11.8 Å². The Kier molecular flexibility index (Phi) is 6.74. The molecule has 0 spiro atoms. The van der Waals surface area contributed by atoms with Crippen LogP contribution in [0.1, 0.15) is 13.8 Å². The minimum atomic E-state index is -0.783. The summed E-state index contributed by atoms with van der Waals surface area (Å²) in [4.78, 5) is 26.6. The number of Topliss-reactive ketones (excluding diaryl/α,β-unsaturated/α-hetero) is 1. The van der Waals surface area contributed by atoms with Crippen molar-refractivity contribution in [3.63, 3.8) is 0 Å². The highest BCUT2D eigenvalue weighted by molar-refractivity contribution is 6.63. The molecule has 0 radical (unpaired) electrons. The third-order valence-electron chi connectivity index (χ3n) is 1.13. The van der Waals surface area contributed by atoms with Crippen LogP contribution in [0.15, 0.2) is 5.16 Å². The molecule has 0 unspecified atom stereocenters. The van der Waals surface area contributed by atoms with Crippen molar-refractivity contribution in [3.05, 3.63) is 0 Å². The lowest BCUT2D eigenvalue weighted by molar-refractivity contribution is -0.135. The monoisotopic (exact) mass is 221 g/mol. The van der Waals surface area contributed by atoms with Gasteiger partial charge in [0.05, 0.1) is 12.5 Å². The fourth-order valence-electron chi connectivity index (χ4n) is 0.589. The molecule has 0 saturated carbocycles. The Morgan fingerprint density at radius 3 is 2.50 bits per heavy atom. The van der Waals surface area contributed by atoms with Crippen LogP contribution in [-0.4, -0.2) is 36.6 Å². The van der Waals surface area contributed by atoms with Crippen LogP contribution < -0.4 is 0 Å². The molecule has 0 amide bonds. The van der Waals surface area contributed by atoms with Gasteiger partial charge in [-0.05, 0) is 6.92 Å². The molecule has 0 aliphatic carbocycles. The van der Waals surface area contributed by atoms with Gasteiger partial charge < -0.3 is 9.57 Å². The van der Waals surface area contributed by atoms with Gasteiger partial charge in [0.25, 0.3) is 0 Å². The summed E-state index contributed by atoms with van der Waals surface area (Å²) in [7, 11) is 0. The van der Waals surface area contributed by atoms with Gasteiger partial charge in [0.1, 0.15) is 6.61 Å². The zero-order valence-electron chi connectivity index (χ0n) is 8.08. The van der Waals surface area contributed by atoms with Gasteiger partial charge >= 0.3 is 5.97 Å². The Morgan fingerprint density at radius 1 is 1.43 bits per heavy atom. The third kappa shape index (κ3) is 4.81. The summed E-state index contributed by atoms with van der Waals surface area (Å²) < 4.78 is 4.59. The number of hydrogen-bond donors (Lipinski definition) is 0. The maximum Gasteiger partial charge on any atom is 0.364 e. The van der Waals surface area contributed by atoms with Crippen molar-refractivity contribution in [2.75, 3.05) is 19.1 Å². The van der Waals surface area contributed by atoms with Crippen LogP contribution >= 0.6 is 11.6 Å². The first-order valence-electron chi connectivity index (χ1n) is 4.07. The highest BCUT2D eigenvalue weighted by Gasteiger charge is 2.18. The largest absolute Gasteiger partial charge is 0.461 e. The van der Waals surface area contributed by atoms with Gasteiger partial charge in [0.2, 0.25) is 5.71 Å². The van der Waals surface area contributed by atoms with E-state index in [0.717, 1.165) is 0 Å². The summed E-state index contributed by atoms with van der Waals surface area (Å²) in [6, 6.07) is 0. The Labute approximate surface area is 87.0 Å². The van der Waals surface area contributed by atoms with Gasteiger partial charge in [-0.2, -0.15) is 0 Å². The molecular formula is C8H12ClNO4. The molecule has 0 rings (SSSR count). The fraction of sp³-hybridized carbons (Fsp3) is 0.625. The number of oxime groups is 1. The van der Waals surface area contributed by atoms with Gasteiger partial charge in [-0.15, -0.1) is 11.6 Å². The summed E-state index contributed by atoms with van der Waals surface area (Å²) in [6.07, 6.45) is 0. The van der Waals surface area contributed by atoms with Gasteiger partial charge in [-0.1, -0.05) is 5.16 Å². The van der Waals surface area contributed by atoms with E-state index in [9.17, 15) is 9.59 Å². The van der Waals surface area contributed by atoms with Crippen molar-refractivity contribution in [3.8, 4) is 0 Å². The van der Waals surface area contributed by atoms with Gasteiger partial charge in [0, 0.05) is 6.92 Å². The van der Waals surface area contributed by atoms with Crippen LogP contribution in [0, 0.1) is 0 Å². The lowest BCUT2D eigenvalue weighted by atomic mass is 10.3. The smallest absolute Gasteiger partial charge is 0.364 e. The predicted molar refractivity (Wildman–Crippen MR) is 51.4 cm³/mol. The summed E-state index contributed by atoms with van der Waals surface area (Å²) in [5, 5.41) is 3.34. The number of alkyl halides is 1. The van der Waals surface area contributed by atoms with E-state index >= 15 is 0 Å². The van der Waals surface area contributed by atoms with E-state index in [0.29, 0.717) is 0 Å². The van der Waals surface area contributed by atoms with Crippen LogP contribution in [0.25, 0.3) is 0 Å². The zero-order valence-corrected chi connectivity index (χ0v) is 8.84. The molecule has 0 aliphatic heterocycles. The van der Waals surface area contributed by atoms with E-state index in [1.807, 2.05) is 0 Å². The molecule has 0 aromatic rings. The number of hydrogen-bond acceptors (Lipinski definition) is 5. The zero-order chi connectivity index (χ0) is 11.0. The standard InChI is InChI=1S/C8H12ClNO4/c1-3-13-8(12)7(6(2)11)10-14-5-4-9/h3-5H2,1-2H3/b10-7-. The molecule has 0 N–H and O–H groups in total. The first-order chi connectivity index (χ1) is 6.63. The molecule has 0 aromatic carbocycles. The first kappa shape index (κ1) is 12.9. The second kappa shape index (κ2) is 7.32. The Hall–Kier alpha value is -1.10. The lowest BCUT2D eigenvalue weighted by Gasteiger charge is -2.01. The molecule has 0 fully saturated rings. The fourth-order valence-corrected chi connectivity index (χ4v) is 0.658. The minimum absolute atomic E-state index is 0.137. The number of nitrogens with zero attached hydrogens (tertiary/aromatic N) is 1. The van der Waals surface area contributed by atoms with E-state index in [-0.39, 0.29) is 24.8 Å². The van der Waals surface area contributed by atoms with Crippen molar-refractivity contribution in [1.29, 1.82) is 0 Å². The van der Waals surface area contributed by atoms with E-state index in [1.54, 1.807) is 6.92 Å². The topological polar surface area (TPSA) is 65.0 Å². The molecule has 0 aliphatic rings. The second-order valence-electron chi connectivity index (χ2n) is 2.24. The van der Waals surface area contributed by atoms with Crippen molar-refractivity contribution < 1.29 is 19.2 Å². The number of esters is 1. The third-order valence-corrected chi connectivity index (χ3v) is 1.28. The van der Waals surface area contributed by atoms with E-state index in [1.165, 1.54) is 6.92 Å². The highest BCUT2D eigenvalue weighted by atomic mass is 35.5. The van der Waals surface area contributed by atoms with Crippen LogP contribution in [0.4, 0.5) is 0 Å². The van der Waals surface area contributed by atoms with E-state index in [2.05, 4.69) is 14.7 Å². The maximum atomic E-state index is 11.1. The van der Waals surface area contributed by atoms with Crippen molar-refractivity contribution >= 4 is 29.1 Å². The molecule has 0 aromatic heterocycles. The molecule has 6 heteroatoms. The lowest BCUT2D eigenvalue weighted by Crippen LogP contribution is -2.24. The van der Waals surface area contributed by atoms with Crippen molar-refractivity contribution in [2.45, 2.75) is 13.8 Å². The minimum Gasteiger partial charge on any atom is -0.461 e. The highest BCUT2D eigenvalue weighted by Crippen LogP contribution is 1.90. The Bertz CT molecular complexity index is 239. The maximum absolute atomic E-state index is 11.1. The molecule has 0 heterocycles. The summed E-state index contributed by atoms with van der Waals surface area (Å²) in [5.74, 6) is -1.05. The normalized spacial score (nSPS) is 10.9. The van der Waals surface area contributed by atoms with Crippen LogP contribution in [0.5, 0.6) is 0 Å². The van der Waals surface area contributed by atoms with Gasteiger partial charge in [-0.3, -0.25) is 4.79 Å². The van der Waals surface area contributed by atoms with Gasteiger partial charge in [-0.25, -0.2) is 4.79 Å². The van der Waals surface area contributed by atoms with Crippen molar-refractivity contribution in [2.24, 2.45) is 5.16 Å². The van der Waals surface area contributed by atoms with Crippen LogP contribution in [0.3, 0.4) is 0 Å². The molecular weight excluding hydrogens is 210 g/mol. The van der Waals surface area contributed by atoms with Crippen molar-refractivity contribution in [1.82, 2.24) is 0 Å². The number of carbonyl (C=O) groups excluding carboxylic acids is 2. The first-order valence-corrected chi connectivity index (χ1v) is 4.60. The SMILES string of the molecule is CCOC(=O)/C(=N\OCCCl)C(C)=O. The average molecular weight is 222 g/mol. The van der Waals surface area contributed by atoms with Crippen LogP contribution in [-0.2, 0) is 19.2 Å². The molecule has 14 heavy (non-hydrogen) atoms. The molecule has 0 atom stereocenters. The number of ether oxygens (including phenoxy) is 1. The van der Waals surface area contributed by atoms with E-state index in [4.69, 9.17) is 11.6 Å². The van der Waals surface area contributed by atoms with Crippen LogP contribution in [0.2, 0.25) is 0 Å². The summed E-state index contributed by atoms with van der Waals surface area (Å²) >= 11 is 5.31. The molecule has 0 bridgehead atoms. The number of rotatable bonds is 6. The quantitative estimate of drug-likeness (QED) is 0.166. The Balaban J connectivity index is 4.35. The molecule has 5 nitrogen and oxygen atoms in total. The average Bonchev–Trinajstić information content (AvgIpc) is 2.12. The second-order valence-corrected chi connectivity index (χ2v) is 2.62. The van der Waals surface area contributed by atoms with Gasteiger partial charge in [0.15, 0.2) is 5.78 Å². The predicted octanol–water partition coefficient (Wildman–Crippen LogP) is 0.750. The number of ketones is 1. The molecule has 0 saturated heterocycles. The molecule has 80 valence electrons. The Morgan fingerprint density at radius 2 is 2.07 bits per heavy atom. The number of halogens is 1. The summed E-state index contributed by atoms with van der Waals surface area (Å²) in [6.45, 7) is 3.16. The number of carbonyl (C=O) groups is 2. The summed E-state index contributed by atoms with van der Waals surface area (Å²) in [5.41, 5.74) is -0.350.